The first-order valence-corrected chi connectivity index (χ1v) is 6.85. The normalized spacial score (nSPS) is 13.1. The molecule has 1 atom stereocenters. The Morgan fingerprint density at radius 2 is 1.89 bits per heavy atom. The number of benzene rings is 1. The van der Waals surface area contributed by atoms with Crippen molar-refractivity contribution < 1.29 is 0 Å². The number of aromatic nitrogens is 1. The first-order chi connectivity index (χ1) is 8.76. The van der Waals surface area contributed by atoms with E-state index in [2.05, 4.69) is 37.0 Å². The SMILES string of the molecule is CCC(CC)CC(N)c1cccc2ncccc12. The lowest BCUT2D eigenvalue weighted by atomic mass is 9.90. The van der Waals surface area contributed by atoms with Crippen molar-refractivity contribution in [2.24, 2.45) is 11.7 Å². The average molecular weight is 242 g/mol. The van der Waals surface area contributed by atoms with Gasteiger partial charge < -0.3 is 5.73 Å². The highest BCUT2D eigenvalue weighted by Crippen LogP contribution is 2.27. The zero-order valence-corrected chi connectivity index (χ0v) is 11.3. The zero-order chi connectivity index (χ0) is 13.0. The molecule has 0 bridgehead atoms. The summed E-state index contributed by atoms with van der Waals surface area (Å²) >= 11 is 0. The van der Waals surface area contributed by atoms with Crippen molar-refractivity contribution in [2.75, 3.05) is 0 Å². The highest BCUT2D eigenvalue weighted by atomic mass is 14.7. The smallest absolute Gasteiger partial charge is 0.0705 e. The number of fused-ring (bicyclic) bond motifs is 1. The van der Waals surface area contributed by atoms with Crippen LogP contribution in [0.15, 0.2) is 36.5 Å². The molecule has 2 nitrogen and oxygen atoms in total. The molecule has 1 aromatic heterocycles. The van der Waals surface area contributed by atoms with Gasteiger partial charge in [0, 0.05) is 17.6 Å². The summed E-state index contributed by atoms with van der Waals surface area (Å²) in [6.45, 7) is 4.48. The molecule has 0 aliphatic heterocycles. The molecule has 0 saturated carbocycles. The van der Waals surface area contributed by atoms with Gasteiger partial charge in [-0.1, -0.05) is 44.9 Å². The Hall–Kier alpha value is -1.41. The van der Waals surface area contributed by atoms with Gasteiger partial charge in [-0.2, -0.15) is 0 Å². The van der Waals surface area contributed by atoms with Crippen molar-refractivity contribution in [1.82, 2.24) is 4.98 Å². The minimum Gasteiger partial charge on any atom is -0.324 e. The minimum absolute atomic E-state index is 0.114. The molecule has 0 radical (unpaired) electrons. The third-order valence-corrected chi connectivity index (χ3v) is 3.82. The van der Waals surface area contributed by atoms with Gasteiger partial charge in [-0.3, -0.25) is 4.98 Å². The lowest BCUT2D eigenvalue weighted by Crippen LogP contribution is -2.15. The summed E-state index contributed by atoms with van der Waals surface area (Å²) in [5.41, 5.74) is 8.65. The monoisotopic (exact) mass is 242 g/mol. The molecule has 2 N–H and O–H groups in total. The summed E-state index contributed by atoms with van der Waals surface area (Å²) in [5, 5.41) is 1.19. The van der Waals surface area contributed by atoms with E-state index in [4.69, 9.17) is 5.73 Å². The molecule has 1 unspecified atom stereocenters. The summed E-state index contributed by atoms with van der Waals surface area (Å²) in [6.07, 6.45) is 5.29. The Morgan fingerprint density at radius 1 is 1.11 bits per heavy atom. The minimum atomic E-state index is 0.114. The van der Waals surface area contributed by atoms with Crippen LogP contribution in [0.25, 0.3) is 10.9 Å². The molecule has 96 valence electrons. The van der Waals surface area contributed by atoms with Gasteiger partial charge in [0.1, 0.15) is 0 Å². The molecule has 0 aliphatic carbocycles. The number of hydrogen-bond acceptors (Lipinski definition) is 2. The number of hydrogen-bond donors (Lipinski definition) is 1. The second kappa shape index (κ2) is 5.96. The second-order valence-electron chi connectivity index (χ2n) is 4.94. The van der Waals surface area contributed by atoms with E-state index >= 15 is 0 Å². The van der Waals surface area contributed by atoms with Crippen LogP contribution >= 0.6 is 0 Å². The number of pyridine rings is 1. The van der Waals surface area contributed by atoms with E-state index in [1.807, 2.05) is 18.3 Å². The largest absolute Gasteiger partial charge is 0.324 e. The van der Waals surface area contributed by atoms with Crippen LogP contribution in [0.3, 0.4) is 0 Å². The van der Waals surface area contributed by atoms with Crippen LogP contribution in [0.5, 0.6) is 0 Å². The summed E-state index contributed by atoms with van der Waals surface area (Å²) < 4.78 is 0. The third-order valence-electron chi connectivity index (χ3n) is 3.82. The maximum Gasteiger partial charge on any atom is 0.0705 e. The van der Waals surface area contributed by atoms with Crippen LogP contribution in [0, 0.1) is 5.92 Å². The average Bonchev–Trinajstić information content (AvgIpc) is 2.43. The summed E-state index contributed by atoms with van der Waals surface area (Å²) in [7, 11) is 0. The topological polar surface area (TPSA) is 38.9 Å². The molecule has 0 saturated heterocycles. The standard InChI is InChI=1S/C16H22N2/c1-3-12(4-2)11-15(17)13-7-5-9-16-14(13)8-6-10-18-16/h5-10,12,15H,3-4,11,17H2,1-2H3. The molecule has 0 amide bonds. The van der Waals surface area contributed by atoms with Gasteiger partial charge in [0.15, 0.2) is 0 Å². The molecule has 2 heteroatoms. The molecule has 0 aliphatic rings. The first kappa shape index (κ1) is 13.0. The predicted molar refractivity (Wildman–Crippen MR) is 77.4 cm³/mol. The van der Waals surface area contributed by atoms with Crippen molar-refractivity contribution >= 4 is 10.9 Å². The van der Waals surface area contributed by atoms with Gasteiger partial charge in [0.2, 0.25) is 0 Å². The highest BCUT2D eigenvalue weighted by molar-refractivity contribution is 5.82. The van der Waals surface area contributed by atoms with Gasteiger partial charge in [-0.25, -0.2) is 0 Å². The predicted octanol–water partition coefficient (Wildman–Crippen LogP) is 4.06. The summed E-state index contributed by atoms with van der Waals surface area (Å²) in [5.74, 6) is 0.715. The second-order valence-corrected chi connectivity index (χ2v) is 4.94. The molecular weight excluding hydrogens is 220 g/mol. The quantitative estimate of drug-likeness (QED) is 0.858. The van der Waals surface area contributed by atoms with Crippen LogP contribution < -0.4 is 5.73 Å². The Kier molecular flexibility index (Phi) is 4.32. The van der Waals surface area contributed by atoms with Crippen molar-refractivity contribution in [2.45, 2.75) is 39.2 Å². The van der Waals surface area contributed by atoms with Crippen molar-refractivity contribution in [3.05, 3.63) is 42.1 Å². The Bertz CT molecular complexity index is 498. The fraction of sp³-hybridized carbons (Fsp3) is 0.438. The zero-order valence-electron chi connectivity index (χ0n) is 11.3. The Morgan fingerprint density at radius 3 is 2.61 bits per heavy atom. The molecule has 0 spiro atoms. The van der Waals surface area contributed by atoms with Crippen LogP contribution in [0.1, 0.15) is 44.7 Å². The molecule has 2 rings (SSSR count). The summed E-state index contributed by atoms with van der Waals surface area (Å²) in [4.78, 5) is 4.39. The van der Waals surface area contributed by atoms with Crippen molar-refractivity contribution in [1.29, 1.82) is 0 Å². The Labute approximate surface area is 109 Å². The number of nitrogens with two attached hydrogens (primary N) is 1. The van der Waals surface area contributed by atoms with E-state index in [-0.39, 0.29) is 6.04 Å². The first-order valence-electron chi connectivity index (χ1n) is 6.85. The van der Waals surface area contributed by atoms with Gasteiger partial charge in [0.05, 0.1) is 5.52 Å². The van der Waals surface area contributed by atoms with Gasteiger partial charge in [0.25, 0.3) is 0 Å². The Balaban J connectivity index is 2.30. The van der Waals surface area contributed by atoms with E-state index in [9.17, 15) is 0 Å². The van der Waals surface area contributed by atoms with Crippen LogP contribution in [0.4, 0.5) is 0 Å². The fourth-order valence-electron chi connectivity index (χ4n) is 2.56. The molecule has 18 heavy (non-hydrogen) atoms. The molecule has 1 heterocycles. The van der Waals surface area contributed by atoms with Gasteiger partial charge in [-0.05, 0) is 30.0 Å². The lowest BCUT2D eigenvalue weighted by molar-refractivity contribution is 0.415. The number of rotatable bonds is 5. The highest BCUT2D eigenvalue weighted by Gasteiger charge is 2.14. The van der Waals surface area contributed by atoms with Gasteiger partial charge in [-0.15, -0.1) is 0 Å². The maximum absolute atomic E-state index is 6.39. The van der Waals surface area contributed by atoms with E-state index in [1.54, 1.807) is 0 Å². The van der Waals surface area contributed by atoms with Crippen molar-refractivity contribution in [3.63, 3.8) is 0 Å². The molecular formula is C16H22N2. The molecule has 1 aromatic carbocycles. The van der Waals surface area contributed by atoms with Gasteiger partial charge >= 0.3 is 0 Å². The van der Waals surface area contributed by atoms with Crippen LogP contribution in [-0.2, 0) is 0 Å². The van der Waals surface area contributed by atoms with E-state index in [0.717, 1.165) is 11.9 Å². The lowest BCUT2D eigenvalue weighted by Gasteiger charge is -2.19. The fourth-order valence-corrected chi connectivity index (χ4v) is 2.56. The maximum atomic E-state index is 6.39. The van der Waals surface area contributed by atoms with Crippen LogP contribution in [-0.4, -0.2) is 4.98 Å². The summed E-state index contributed by atoms with van der Waals surface area (Å²) in [6, 6.07) is 10.4. The van der Waals surface area contributed by atoms with E-state index in [1.165, 1.54) is 23.8 Å². The van der Waals surface area contributed by atoms with E-state index in [0.29, 0.717) is 5.92 Å². The molecule has 0 fully saturated rings. The van der Waals surface area contributed by atoms with Crippen LogP contribution in [0.2, 0.25) is 0 Å². The van der Waals surface area contributed by atoms with Crippen molar-refractivity contribution in [3.8, 4) is 0 Å². The number of nitrogens with zero attached hydrogens (tertiary/aromatic N) is 1. The molecule has 2 aromatic rings. The third kappa shape index (κ3) is 2.70. The van der Waals surface area contributed by atoms with E-state index < -0.39 is 0 Å².